The van der Waals surface area contributed by atoms with Crippen LogP contribution in [-0.4, -0.2) is 36.5 Å². The molecule has 4 nitrogen and oxygen atoms in total. The highest BCUT2D eigenvalue weighted by Gasteiger charge is 2.43. The molecule has 154 valence electrons. The molecule has 27 heavy (non-hydrogen) atoms. The predicted molar refractivity (Wildman–Crippen MR) is 111 cm³/mol. The van der Waals surface area contributed by atoms with Crippen LogP contribution in [0.5, 0.6) is 0 Å². The van der Waals surface area contributed by atoms with Gasteiger partial charge in [0, 0.05) is 20.0 Å². The number of rotatable bonds is 7. The van der Waals surface area contributed by atoms with Gasteiger partial charge in [-0.1, -0.05) is 27.7 Å². The van der Waals surface area contributed by atoms with Crippen molar-refractivity contribution in [1.82, 2.24) is 4.90 Å². The van der Waals surface area contributed by atoms with Gasteiger partial charge >= 0.3 is 5.97 Å². The van der Waals surface area contributed by atoms with Gasteiger partial charge in [-0.15, -0.1) is 0 Å². The third kappa shape index (κ3) is 4.47. The first-order valence-electron chi connectivity index (χ1n) is 10.0. The maximum absolute atomic E-state index is 13.1. The normalized spacial score (nSPS) is 19.2. The lowest BCUT2D eigenvalue weighted by Crippen LogP contribution is -2.41. The minimum absolute atomic E-state index is 0.0833. The van der Waals surface area contributed by atoms with Crippen molar-refractivity contribution in [3.63, 3.8) is 0 Å². The predicted octanol–water partition coefficient (Wildman–Crippen LogP) is 5.14. The second-order valence-electron chi connectivity index (χ2n) is 9.21. The van der Waals surface area contributed by atoms with E-state index in [9.17, 15) is 9.59 Å². The monoisotopic (exact) mass is 377 g/mol. The lowest BCUT2D eigenvalue weighted by Gasteiger charge is -2.37. The van der Waals surface area contributed by atoms with Crippen molar-refractivity contribution in [2.45, 2.75) is 80.8 Å². The maximum Gasteiger partial charge on any atom is 0.310 e. The van der Waals surface area contributed by atoms with Crippen LogP contribution in [0.3, 0.4) is 0 Å². The zero-order chi connectivity index (χ0) is 21.3. The number of carbonyl (C=O) groups excluding carboxylic acids is 2. The molecule has 0 bridgehead atoms. The van der Waals surface area contributed by atoms with E-state index in [4.69, 9.17) is 4.74 Å². The SMILES string of the molecule is CCC(CC(C)(C)C(C)C(=O)OC1(C)C(C)=C(C)C(C)=C1C)C(=O)N(C)C. The first-order chi connectivity index (χ1) is 12.2. The number of hydrogen-bond acceptors (Lipinski definition) is 3. The number of nitrogens with zero attached hydrogens (tertiary/aromatic N) is 1. The summed E-state index contributed by atoms with van der Waals surface area (Å²) >= 11 is 0. The molecule has 0 aromatic carbocycles. The summed E-state index contributed by atoms with van der Waals surface area (Å²) in [5.74, 6) is -0.464. The Balaban J connectivity index is 2.99. The number of allylic oxidation sites excluding steroid dienone is 2. The average Bonchev–Trinajstić information content (AvgIpc) is 2.73. The summed E-state index contributed by atoms with van der Waals surface area (Å²) in [4.78, 5) is 27.1. The Morgan fingerprint density at radius 2 is 1.52 bits per heavy atom. The van der Waals surface area contributed by atoms with Gasteiger partial charge in [0.15, 0.2) is 5.60 Å². The molecule has 0 N–H and O–H groups in total. The summed E-state index contributed by atoms with van der Waals surface area (Å²) in [5.41, 5.74) is 3.61. The molecule has 1 aliphatic carbocycles. The van der Waals surface area contributed by atoms with Crippen LogP contribution in [0.1, 0.15) is 75.2 Å². The summed E-state index contributed by atoms with van der Waals surface area (Å²) in [7, 11) is 3.57. The molecule has 0 fully saturated rings. The lowest BCUT2D eigenvalue weighted by molar-refractivity contribution is -0.161. The third-order valence-corrected chi connectivity index (χ3v) is 7.00. The third-order valence-electron chi connectivity index (χ3n) is 7.00. The van der Waals surface area contributed by atoms with E-state index < -0.39 is 5.60 Å². The molecule has 0 aromatic rings. The molecular formula is C23H39NO3. The molecule has 2 unspecified atom stereocenters. The number of amides is 1. The largest absolute Gasteiger partial charge is 0.450 e. The summed E-state index contributed by atoms with van der Waals surface area (Å²) in [6.07, 6.45) is 1.43. The van der Waals surface area contributed by atoms with Crippen molar-refractivity contribution >= 4 is 11.9 Å². The zero-order valence-corrected chi connectivity index (χ0v) is 19.2. The van der Waals surface area contributed by atoms with E-state index in [-0.39, 0.29) is 29.1 Å². The second-order valence-corrected chi connectivity index (χ2v) is 9.21. The molecule has 1 amide bonds. The van der Waals surface area contributed by atoms with Crippen molar-refractivity contribution in [3.05, 3.63) is 22.3 Å². The Morgan fingerprint density at radius 3 is 1.89 bits per heavy atom. The van der Waals surface area contributed by atoms with Crippen LogP contribution < -0.4 is 0 Å². The molecule has 0 heterocycles. The highest BCUT2D eigenvalue weighted by Crippen LogP contribution is 2.44. The van der Waals surface area contributed by atoms with Gasteiger partial charge in [-0.2, -0.15) is 0 Å². The van der Waals surface area contributed by atoms with Crippen molar-refractivity contribution < 1.29 is 14.3 Å². The molecular weight excluding hydrogens is 338 g/mol. The average molecular weight is 378 g/mol. The second kappa shape index (κ2) is 8.20. The van der Waals surface area contributed by atoms with Gasteiger partial charge < -0.3 is 9.64 Å². The maximum atomic E-state index is 13.1. The van der Waals surface area contributed by atoms with Crippen LogP contribution >= 0.6 is 0 Å². The number of ether oxygens (including phenoxy) is 1. The quantitative estimate of drug-likeness (QED) is 0.577. The fourth-order valence-corrected chi connectivity index (χ4v) is 3.90. The number of hydrogen-bond donors (Lipinski definition) is 0. The van der Waals surface area contributed by atoms with Crippen molar-refractivity contribution in [3.8, 4) is 0 Å². The molecule has 1 rings (SSSR count). The first kappa shape index (κ1) is 23.5. The smallest absolute Gasteiger partial charge is 0.310 e. The van der Waals surface area contributed by atoms with Gasteiger partial charge in [-0.05, 0) is 75.2 Å². The van der Waals surface area contributed by atoms with E-state index in [1.807, 2.05) is 34.6 Å². The molecule has 0 saturated carbocycles. The highest BCUT2D eigenvalue weighted by molar-refractivity contribution is 5.79. The summed E-state index contributed by atoms with van der Waals surface area (Å²) in [5, 5.41) is 0. The fourth-order valence-electron chi connectivity index (χ4n) is 3.90. The molecule has 0 aliphatic heterocycles. The molecule has 0 spiro atoms. The zero-order valence-electron chi connectivity index (χ0n) is 19.2. The Kier molecular flexibility index (Phi) is 7.12. The Labute approximate surface area is 166 Å². The van der Waals surface area contributed by atoms with E-state index in [1.54, 1.807) is 19.0 Å². The van der Waals surface area contributed by atoms with Crippen LogP contribution in [-0.2, 0) is 14.3 Å². The standard InChI is InChI=1S/C23H39NO3/c1-12-19(20(25)24(10)11)13-22(7,8)18(6)21(26)27-23(9)16(4)14(2)15(3)17(23)5/h18-19H,12-13H2,1-11H3. The topological polar surface area (TPSA) is 46.6 Å². The Hall–Kier alpha value is -1.58. The van der Waals surface area contributed by atoms with E-state index in [0.29, 0.717) is 6.42 Å². The van der Waals surface area contributed by atoms with Gasteiger partial charge in [0.2, 0.25) is 5.91 Å². The molecule has 0 aromatic heterocycles. The van der Waals surface area contributed by atoms with Crippen LogP contribution in [0.25, 0.3) is 0 Å². The van der Waals surface area contributed by atoms with Gasteiger partial charge in [0.25, 0.3) is 0 Å². The molecule has 2 atom stereocenters. The van der Waals surface area contributed by atoms with Crippen molar-refractivity contribution in [2.24, 2.45) is 17.3 Å². The van der Waals surface area contributed by atoms with Crippen LogP contribution in [0.2, 0.25) is 0 Å². The van der Waals surface area contributed by atoms with Crippen LogP contribution in [0.4, 0.5) is 0 Å². The molecule has 0 saturated heterocycles. The van der Waals surface area contributed by atoms with Gasteiger partial charge in [-0.25, -0.2) is 0 Å². The highest BCUT2D eigenvalue weighted by atomic mass is 16.6. The summed E-state index contributed by atoms with van der Waals surface area (Å²) in [6, 6.07) is 0. The summed E-state index contributed by atoms with van der Waals surface area (Å²) in [6.45, 7) is 18.3. The Bertz CT molecular complexity index is 643. The first-order valence-corrected chi connectivity index (χ1v) is 10.0. The van der Waals surface area contributed by atoms with Crippen LogP contribution in [0.15, 0.2) is 22.3 Å². The van der Waals surface area contributed by atoms with E-state index in [1.165, 1.54) is 11.1 Å². The van der Waals surface area contributed by atoms with E-state index in [2.05, 4.69) is 27.7 Å². The minimum atomic E-state index is -0.667. The molecule has 4 heteroatoms. The number of esters is 1. The number of carbonyl (C=O) groups is 2. The molecule has 0 radical (unpaired) electrons. The van der Waals surface area contributed by atoms with Crippen molar-refractivity contribution in [1.29, 1.82) is 0 Å². The Morgan fingerprint density at radius 1 is 1.07 bits per heavy atom. The van der Waals surface area contributed by atoms with E-state index >= 15 is 0 Å². The van der Waals surface area contributed by atoms with Gasteiger partial charge in [0.1, 0.15) is 0 Å². The van der Waals surface area contributed by atoms with E-state index in [0.717, 1.165) is 17.6 Å². The van der Waals surface area contributed by atoms with Gasteiger partial charge in [0.05, 0.1) is 5.92 Å². The summed E-state index contributed by atoms with van der Waals surface area (Å²) < 4.78 is 6.09. The van der Waals surface area contributed by atoms with Gasteiger partial charge in [-0.3, -0.25) is 9.59 Å². The minimum Gasteiger partial charge on any atom is -0.450 e. The van der Waals surface area contributed by atoms with Crippen molar-refractivity contribution in [2.75, 3.05) is 14.1 Å². The fraction of sp³-hybridized carbons (Fsp3) is 0.739. The lowest BCUT2D eigenvalue weighted by atomic mass is 9.72. The molecule has 1 aliphatic rings. The van der Waals surface area contributed by atoms with Crippen LogP contribution in [0, 0.1) is 17.3 Å².